The van der Waals surface area contributed by atoms with Crippen LogP contribution in [0.2, 0.25) is 0 Å². The van der Waals surface area contributed by atoms with Gasteiger partial charge in [0.1, 0.15) is 17.1 Å². The molecule has 0 bridgehead atoms. The topological polar surface area (TPSA) is 129 Å². The summed E-state index contributed by atoms with van der Waals surface area (Å²) in [6.07, 6.45) is 1.62. The molecule has 0 aliphatic carbocycles. The van der Waals surface area contributed by atoms with Crippen molar-refractivity contribution in [2.75, 3.05) is 18.3 Å². The second-order valence-corrected chi connectivity index (χ2v) is 9.21. The molecule has 1 aromatic heterocycles. The molecule has 29 heavy (non-hydrogen) atoms. The van der Waals surface area contributed by atoms with Crippen LogP contribution in [0.5, 0.6) is 0 Å². The Labute approximate surface area is 185 Å². The van der Waals surface area contributed by atoms with Gasteiger partial charge in [0.2, 0.25) is 17.8 Å². The molecule has 0 spiro atoms. The summed E-state index contributed by atoms with van der Waals surface area (Å²) in [5, 5.41) is -0.183. The molecular weight excluding hydrogens is 462 g/mol. The molecule has 1 aromatic rings. The molecule has 1 saturated heterocycles. The summed E-state index contributed by atoms with van der Waals surface area (Å²) >= 11 is 3.72. The number of amides is 1. The normalized spacial score (nSPS) is 20.4. The van der Waals surface area contributed by atoms with Gasteiger partial charge in [-0.25, -0.2) is 9.78 Å². The van der Waals surface area contributed by atoms with Gasteiger partial charge in [-0.15, -0.1) is 35.5 Å². The number of thioether (sulfide) groups is 2. The van der Waals surface area contributed by atoms with Gasteiger partial charge >= 0.3 is 11.9 Å². The summed E-state index contributed by atoms with van der Waals surface area (Å²) in [7, 11) is 0. The first kappa shape index (κ1) is 23.7. The zero-order chi connectivity index (χ0) is 20.4. The number of aryl methyl sites for hydroxylation is 1. The first-order valence-electron chi connectivity index (χ1n) is 8.12. The van der Waals surface area contributed by atoms with Crippen molar-refractivity contribution in [3.8, 4) is 0 Å². The van der Waals surface area contributed by atoms with E-state index in [1.165, 1.54) is 34.9 Å². The molecule has 0 aromatic carbocycles. The van der Waals surface area contributed by atoms with Crippen molar-refractivity contribution in [1.29, 1.82) is 0 Å². The van der Waals surface area contributed by atoms with Gasteiger partial charge in [0.05, 0.1) is 0 Å². The van der Waals surface area contributed by atoms with E-state index >= 15 is 0 Å². The zero-order valence-corrected chi connectivity index (χ0v) is 18.7. The summed E-state index contributed by atoms with van der Waals surface area (Å²) in [5.41, 5.74) is 6.45. The van der Waals surface area contributed by atoms with Crippen LogP contribution in [0.15, 0.2) is 17.5 Å². The van der Waals surface area contributed by atoms with Crippen LogP contribution in [0.3, 0.4) is 0 Å². The van der Waals surface area contributed by atoms with Crippen molar-refractivity contribution < 1.29 is 28.7 Å². The Morgan fingerprint density at radius 1 is 1.38 bits per heavy atom. The molecule has 2 aliphatic heterocycles. The molecule has 9 nitrogen and oxygen atoms in total. The Bertz CT molecular complexity index is 874. The van der Waals surface area contributed by atoms with Gasteiger partial charge in [-0.3, -0.25) is 19.3 Å². The maximum Gasteiger partial charge on any atom is 0.357 e. The number of carbonyl (C=O) groups is 4. The molecule has 0 radical (unpaired) electrons. The van der Waals surface area contributed by atoms with E-state index in [1.54, 1.807) is 6.20 Å². The van der Waals surface area contributed by atoms with E-state index in [2.05, 4.69) is 9.72 Å². The fourth-order valence-corrected chi connectivity index (χ4v) is 5.62. The third kappa shape index (κ3) is 5.12. The molecule has 3 rings (SSSR count). The third-order valence-electron chi connectivity index (χ3n) is 3.91. The molecule has 2 aliphatic rings. The van der Waals surface area contributed by atoms with Crippen LogP contribution in [0.25, 0.3) is 0 Å². The first-order valence-corrected chi connectivity index (χ1v) is 11.0. The molecule has 2 N–H and O–H groups in total. The number of rotatable bonds is 6. The molecule has 0 saturated carbocycles. The number of halogens is 1. The molecule has 1 fully saturated rings. The van der Waals surface area contributed by atoms with E-state index < -0.39 is 24.8 Å². The molecular formula is C16H18ClN3O6S3. The maximum absolute atomic E-state index is 12.5. The monoisotopic (exact) mass is 479 g/mol. The number of esters is 2. The minimum atomic E-state index is -0.792. The van der Waals surface area contributed by atoms with Crippen LogP contribution in [0.1, 0.15) is 21.6 Å². The largest absolute Gasteiger partial charge is 0.428 e. The van der Waals surface area contributed by atoms with Crippen molar-refractivity contribution in [2.45, 2.75) is 25.3 Å². The number of hydrogen-bond donors (Lipinski definition) is 1. The van der Waals surface area contributed by atoms with Crippen LogP contribution in [-0.4, -0.2) is 62.6 Å². The lowest BCUT2D eigenvalue weighted by Gasteiger charge is -2.48. The minimum absolute atomic E-state index is 0. The van der Waals surface area contributed by atoms with Gasteiger partial charge in [0, 0.05) is 29.5 Å². The fourth-order valence-electron chi connectivity index (χ4n) is 2.58. The van der Waals surface area contributed by atoms with Gasteiger partial charge in [-0.2, -0.15) is 0 Å². The Morgan fingerprint density at radius 3 is 2.72 bits per heavy atom. The first-order chi connectivity index (χ1) is 13.3. The number of β-lactam (4-membered cyclic amide) rings is 1. The molecule has 13 heteroatoms. The van der Waals surface area contributed by atoms with Crippen molar-refractivity contribution >= 4 is 70.2 Å². The second kappa shape index (κ2) is 9.94. The number of nitrogens with two attached hydrogens (primary N) is 1. The summed E-state index contributed by atoms with van der Waals surface area (Å²) in [5.74, 6) is -1.15. The maximum atomic E-state index is 12.5. The fraction of sp³-hybridized carbons (Fsp3) is 0.438. The lowest BCUT2D eigenvalue weighted by Crippen LogP contribution is -2.68. The predicted octanol–water partition coefficient (Wildman–Crippen LogP) is 1.31. The van der Waals surface area contributed by atoms with E-state index in [0.717, 1.165) is 16.6 Å². The van der Waals surface area contributed by atoms with E-state index in [1.807, 2.05) is 6.92 Å². The molecule has 2 atom stereocenters. The van der Waals surface area contributed by atoms with Gasteiger partial charge in [0.25, 0.3) is 0 Å². The Balaban J connectivity index is 0.00000300. The standard InChI is InChI=1S/C16H17N3O6S3.ClH/c1-7-3-18-12(28-7)16(23)27-5-9-4-26-14-10(17)13(21)19(14)11(9)15(22)25-6-24-8(2)20;/h3,10,14H,4-6,17H2,1-2H3;1H/t10?,14-;/m0./s1. The highest BCUT2D eigenvalue weighted by Crippen LogP contribution is 2.40. The average molecular weight is 480 g/mol. The summed E-state index contributed by atoms with van der Waals surface area (Å²) < 4.78 is 9.59. The van der Waals surface area contributed by atoms with E-state index in [-0.39, 0.29) is 40.3 Å². The van der Waals surface area contributed by atoms with Crippen molar-refractivity contribution in [3.63, 3.8) is 0 Å². The van der Waals surface area contributed by atoms with Gasteiger partial charge < -0.3 is 15.2 Å². The predicted molar refractivity (Wildman–Crippen MR) is 112 cm³/mol. The number of fused-ring (bicyclic) bond motifs is 1. The number of aromatic nitrogens is 1. The van der Waals surface area contributed by atoms with Gasteiger partial charge in [-0.1, -0.05) is 11.8 Å². The number of thiazole rings is 1. The minimum Gasteiger partial charge on any atom is -0.428 e. The number of nitrogens with zero attached hydrogens (tertiary/aromatic N) is 2. The van der Waals surface area contributed by atoms with Crippen LogP contribution in [-0.2, 0) is 23.9 Å². The van der Waals surface area contributed by atoms with Crippen LogP contribution >= 0.6 is 47.3 Å². The summed E-state index contributed by atoms with van der Waals surface area (Å²) in [6, 6.07) is -0.685. The number of carbonyl (C=O) groups excluding carboxylic acids is 4. The average Bonchev–Trinajstić information content (AvgIpc) is 3.10. The van der Waals surface area contributed by atoms with Gasteiger partial charge in [-0.05, 0) is 12.5 Å². The van der Waals surface area contributed by atoms with Crippen molar-refractivity contribution in [2.24, 2.45) is 5.73 Å². The molecule has 1 amide bonds. The summed E-state index contributed by atoms with van der Waals surface area (Å²) in [6.45, 7) is 2.49. The second-order valence-electron chi connectivity index (χ2n) is 5.93. The molecule has 158 valence electrons. The van der Waals surface area contributed by atoms with Crippen molar-refractivity contribution in [1.82, 2.24) is 9.88 Å². The van der Waals surface area contributed by atoms with E-state index in [0.29, 0.717) is 16.3 Å². The Morgan fingerprint density at radius 2 is 2.10 bits per heavy atom. The van der Waals surface area contributed by atoms with Crippen LogP contribution < -0.4 is 5.73 Å². The van der Waals surface area contributed by atoms with Gasteiger partial charge in [0.15, 0.2) is 5.01 Å². The molecule has 1 unspecified atom stereocenters. The highest BCUT2D eigenvalue weighted by Gasteiger charge is 2.52. The Kier molecular flexibility index (Phi) is 8.11. The molecule has 3 heterocycles. The smallest absolute Gasteiger partial charge is 0.357 e. The van der Waals surface area contributed by atoms with E-state index in [9.17, 15) is 19.2 Å². The SMILES string of the molecule is CC(=O)OCOC(=O)C1=C(CSC(=O)c2ncc(C)s2)CS[C@H]2C(N)C(=O)N12.Cl. The highest BCUT2D eigenvalue weighted by molar-refractivity contribution is 8.14. The van der Waals surface area contributed by atoms with Crippen LogP contribution in [0.4, 0.5) is 0 Å². The number of hydrogen-bond acceptors (Lipinski definition) is 11. The summed E-state index contributed by atoms with van der Waals surface area (Å²) in [4.78, 5) is 54.1. The van der Waals surface area contributed by atoms with Crippen LogP contribution in [0, 0.1) is 6.92 Å². The Hall–Kier alpha value is -1.60. The third-order valence-corrected chi connectivity index (χ3v) is 7.26. The van der Waals surface area contributed by atoms with E-state index in [4.69, 9.17) is 10.5 Å². The highest BCUT2D eigenvalue weighted by atomic mass is 35.5. The quantitative estimate of drug-likeness (QED) is 0.362. The van der Waals surface area contributed by atoms with Crippen molar-refractivity contribution in [3.05, 3.63) is 27.4 Å². The number of ether oxygens (including phenoxy) is 2. The zero-order valence-electron chi connectivity index (χ0n) is 15.4. The lowest BCUT2D eigenvalue weighted by atomic mass is 10.0. The lowest BCUT2D eigenvalue weighted by molar-refractivity contribution is -0.166.